The zero-order valence-electron chi connectivity index (χ0n) is 11.0. The lowest BCUT2D eigenvalue weighted by Gasteiger charge is -2.30. The van der Waals surface area contributed by atoms with Crippen LogP contribution in [0, 0.1) is 5.92 Å². The van der Waals surface area contributed by atoms with Crippen LogP contribution in [-0.4, -0.2) is 37.9 Å². The summed E-state index contributed by atoms with van der Waals surface area (Å²) in [6.07, 6.45) is 0.285. The van der Waals surface area contributed by atoms with Gasteiger partial charge in [-0.25, -0.2) is 14.2 Å². The molecule has 0 radical (unpaired) electrons. The molecule has 9 heteroatoms. The van der Waals surface area contributed by atoms with Crippen LogP contribution in [-0.2, 0) is 14.3 Å². The molecule has 6 nitrogen and oxygen atoms in total. The van der Waals surface area contributed by atoms with Gasteiger partial charge in [0, 0.05) is 13.1 Å². The van der Waals surface area contributed by atoms with E-state index in [1.807, 2.05) is 13.8 Å². The van der Waals surface area contributed by atoms with Gasteiger partial charge < -0.3 is 4.90 Å². The van der Waals surface area contributed by atoms with Crippen molar-refractivity contribution < 1.29 is 12.6 Å². The summed E-state index contributed by atoms with van der Waals surface area (Å²) in [7, 11) is -1.95. The van der Waals surface area contributed by atoms with Crippen molar-refractivity contribution in [1.29, 1.82) is 0 Å². The summed E-state index contributed by atoms with van der Waals surface area (Å²) in [5.74, 6) is 0.291. The lowest BCUT2D eigenvalue weighted by molar-refractivity contribution is 0.160. The fourth-order valence-corrected chi connectivity index (χ4v) is 2.60. The van der Waals surface area contributed by atoms with Gasteiger partial charge in [-0.3, -0.25) is 0 Å². The number of halogens is 2. The quantitative estimate of drug-likeness (QED) is 0.357. The predicted molar refractivity (Wildman–Crippen MR) is 75.0 cm³/mol. The van der Waals surface area contributed by atoms with E-state index in [-0.39, 0.29) is 16.4 Å². The molecule has 1 aromatic heterocycles. The Bertz CT molecular complexity index is 531. The highest BCUT2D eigenvalue weighted by atomic mass is 35.5. The van der Waals surface area contributed by atoms with Crippen molar-refractivity contribution in [3.63, 3.8) is 0 Å². The average molecular weight is 328 g/mol. The molecule has 108 valence electrons. The minimum absolute atomic E-state index is 0.0174. The third-order valence-corrected chi connectivity index (χ3v) is 3.15. The first kappa shape index (κ1) is 16.4. The molecule has 0 aliphatic rings. The van der Waals surface area contributed by atoms with Gasteiger partial charge in [0.05, 0.1) is 6.26 Å². The molecule has 0 amide bonds. The predicted octanol–water partition coefficient (Wildman–Crippen LogP) is 2.18. The molecule has 1 atom stereocenters. The smallest absolute Gasteiger partial charge is 0.266 e. The lowest BCUT2D eigenvalue weighted by atomic mass is 10.2. The molecule has 1 aromatic rings. The molecule has 0 aromatic carbocycles. The van der Waals surface area contributed by atoms with Crippen LogP contribution in [0.2, 0.25) is 10.4 Å². The van der Waals surface area contributed by atoms with Crippen LogP contribution in [0.5, 0.6) is 0 Å². The Morgan fingerprint density at radius 2 is 1.89 bits per heavy atom. The highest BCUT2D eigenvalue weighted by Gasteiger charge is 2.25. The van der Waals surface area contributed by atoms with Gasteiger partial charge in [-0.05, 0) is 17.5 Å². The molecule has 0 bridgehead atoms. The molecule has 1 heterocycles. The van der Waals surface area contributed by atoms with Gasteiger partial charge in [0.1, 0.15) is 11.0 Å². The zero-order chi connectivity index (χ0) is 14.8. The van der Waals surface area contributed by atoms with Gasteiger partial charge in [0.15, 0.2) is 6.23 Å². The Morgan fingerprint density at radius 1 is 1.32 bits per heavy atom. The van der Waals surface area contributed by atoms with Crippen LogP contribution >= 0.6 is 23.2 Å². The van der Waals surface area contributed by atoms with Gasteiger partial charge >= 0.3 is 0 Å². The van der Waals surface area contributed by atoms with Crippen LogP contribution in [0.3, 0.4) is 0 Å². The van der Waals surface area contributed by atoms with Crippen molar-refractivity contribution in [1.82, 2.24) is 9.97 Å². The molecule has 1 unspecified atom stereocenters. The van der Waals surface area contributed by atoms with Gasteiger partial charge in [0.25, 0.3) is 10.1 Å². The molecule has 0 spiro atoms. The van der Waals surface area contributed by atoms with Crippen molar-refractivity contribution in [3.8, 4) is 0 Å². The molecule has 0 saturated carbocycles. The summed E-state index contributed by atoms with van der Waals surface area (Å²) in [4.78, 5) is 9.26. The van der Waals surface area contributed by atoms with Gasteiger partial charge in [-0.15, -0.1) is 0 Å². The first-order valence-corrected chi connectivity index (χ1v) is 7.98. The number of aromatic nitrogens is 2. The Hall–Kier alpha value is -0.630. The summed E-state index contributed by atoms with van der Waals surface area (Å²) >= 11 is 11.5. The maximum atomic E-state index is 11.3. The van der Waals surface area contributed by atoms with E-state index in [9.17, 15) is 8.42 Å². The Morgan fingerprint density at radius 3 is 2.32 bits per heavy atom. The van der Waals surface area contributed by atoms with Crippen LogP contribution in [0.1, 0.15) is 13.8 Å². The van der Waals surface area contributed by atoms with E-state index in [1.165, 1.54) is 6.07 Å². The van der Waals surface area contributed by atoms with E-state index < -0.39 is 16.3 Å². The van der Waals surface area contributed by atoms with E-state index in [1.54, 1.807) is 11.9 Å². The number of nitrogens with zero attached hydrogens (tertiary/aromatic N) is 3. The number of anilines is 1. The Labute approximate surface area is 122 Å². The SMILES string of the molecule is CC(C)C(OS(C)(=O)=O)N(C)c1cc(Cl)nc(Cl)n1. The third-order valence-electron chi connectivity index (χ3n) is 2.24. The molecule has 0 aliphatic heterocycles. The minimum Gasteiger partial charge on any atom is -0.332 e. The normalized spacial score (nSPS) is 13.6. The van der Waals surface area contributed by atoms with Gasteiger partial charge in [0.2, 0.25) is 5.28 Å². The van der Waals surface area contributed by atoms with E-state index in [2.05, 4.69) is 9.97 Å². The monoisotopic (exact) mass is 327 g/mol. The van der Waals surface area contributed by atoms with Crippen molar-refractivity contribution in [3.05, 3.63) is 16.5 Å². The van der Waals surface area contributed by atoms with Crippen molar-refractivity contribution >= 4 is 39.1 Å². The van der Waals surface area contributed by atoms with Crippen molar-refractivity contribution in [2.45, 2.75) is 20.1 Å². The molecule has 0 N–H and O–H groups in total. The van der Waals surface area contributed by atoms with E-state index in [0.717, 1.165) is 6.26 Å². The fraction of sp³-hybridized carbons (Fsp3) is 0.600. The van der Waals surface area contributed by atoms with Crippen molar-refractivity contribution in [2.24, 2.45) is 5.92 Å². The maximum absolute atomic E-state index is 11.3. The van der Waals surface area contributed by atoms with Gasteiger partial charge in [-0.1, -0.05) is 25.4 Å². The third kappa shape index (κ3) is 5.10. The second kappa shape index (κ2) is 6.21. The maximum Gasteiger partial charge on any atom is 0.266 e. The first-order valence-electron chi connectivity index (χ1n) is 5.41. The lowest BCUT2D eigenvalue weighted by Crippen LogP contribution is -2.40. The van der Waals surface area contributed by atoms with Crippen molar-refractivity contribution in [2.75, 3.05) is 18.2 Å². The summed E-state index contributed by atoms with van der Waals surface area (Å²) in [5.41, 5.74) is 0. The van der Waals surface area contributed by atoms with Crippen LogP contribution in [0.4, 0.5) is 5.82 Å². The molecule has 1 rings (SSSR count). The summed E-state index contributed by atoms with van der Waals surface area (Å²) in [6.45, 7) is 3.66. The van der Waals surface area contributed by atoms with Gasteiger partial charge in [-0.2, -0.15) is 8.42 Å². The first-order chi connectivity index (χ1) is 8.60. The average Bonchev–Trinajstić information content (AvgIpc) is 2.22. The molecule has 0 aliphatic carbocycles. The number of hydrogen-bond acceptors (Lipinski definition) is 6. The number of hydrogen-bond donors (Lipinski definition) is 0. The molecular weight excluding hydrogens is 313 g/mol. The summed E-state index contributed by atoms with van der Waals surface area (Å²) in [6, 6.07) is 1.48. The fourth-order valence-electron chi connectivity index (χ4n) is 1.49. The second-order valence-corrected chi connectivity index (χ2v) is 6.69. The summed E-state index contributed by atoms with van der Waals surface area (Å²) < 4.78 is 27.6. The highest BCUT2D eigenvalue weighted by molar-refractivity contribution is 7.86. The van der Waals surface area contributed by atoms with E-state index >= 15 is 0 Å². The molecule has 0 fully saturated rings. The second-order valence-electron chi connectivity index (χ2n) is 4.36. The highest BCUT2D eigenvalue weighted by Crippen LogP contribution is 2.23. The standard InChI is InChI=1S/C10H15Cl2N3O3S/c1-6(2)9(18-19(4,16)17)15(3)8-5-7(11)13-10(12)14-8/h5-6,9H,1-4H3. The van der Waals surface area contributed by atoms with Crippen LogP contribution in [0.25, 0.3) is 0 Å². The van der Waals surface area contributed by atoms with Crippen LogP contribution in [0.15, 0.2) is 6.07 Å². The largest absolute Gasteiger partial charge is 0.332 e. The molecular formula is C10H15Cl2N3O3S. The molecule has 19 heavy (non-hydrogen) atoms. The van der Waals surface area contributed by atoms with E-state index in [0.29, 0.717) is 5.82 Å². The minimum atomic E-state index is -3.59. The zero-order valence-corrected chi connectivity index (χ0v) is 13.3. The topological polar surface area (TPSA) is 72.4 Å². The number of rotatable bonds is 5. The molecule has 0 saturated heterocycles. The Kier molecular flexibility index (Phi) is 5.37. The van der Waals surface area contributed by atoms with E-state index in [4.69, 9.17) is 27.4 Å². The summed E-state index contributed by atoms with van der Waals surface area (Å²) in [5, 5.41) is 0.153. The van der Waals surface area contributed by atoms with Crippen LogP contribution < -0.4 is 4.90 Å². The Balaban J connectivity index is 3.08.